The van der Waals surface area contributed by atoms with Crippen LogP contribution in [0.2, 0.25) is 0 Å². The van der Waals surface area contributed by atoms with Crippen molar-refractivity contribution in [3.63, 3.8) is 0 Å². The van der Waals surface area contributed by atoms with Crippen molar-refractivity contribution in [2.24, 2.45) is 0 Å². The molecule has 0 fully saturated rings. The summed E-state index contributed by atoms with van der Waals surface area (Å²) >= 11 is 0. The summed E-state index contributed by atoms with van der Waals surface area (Å²) in [6, 6.07) is 9.38. The fourth-order valence-corrected chi connectivity index (χ4v) is 1.42. The van der Waals surface area contributed by atoms with Crippen LogP contribution in [0.3, 0.4) is 0 Å². The lowest BCUT2D eigenvalue weighted by molar-refractivity contribution is 1.09. The van der Waals surface area contributed by atoms with Gasteiger partial charge in [0.1, 0.15) is 5.82 Å². The molecule has 0 atom stereocenters. The molecule has 0 aliphatic heterocycles. The van der Waals surface area contributed by atoms with Crippen LogP contribution in [0.1, 0.15) is 5.56 Å². The fourth-order valence-electron chi connectivity index (χ4n) is 1.42. The summed E-state index contributed by atoms with van der Waals surface area (Å²) in [5.74, 6) is 1.06. The van der Waals surface area contributed by atoms with Gasteiger partial charge in [0.25, 0.3) is 0 Å². The maximum atomic E-state index is 8.84. The third-order valence-electron chi connectivity index (χ3n) is 2.36. The van der Waals surface area contributed by atoms with E-state index >= 15 is 0 Å². The lowest BCUT2D eigenvalue weighted by Gasteiger charge is -2.17. The molecule has 1 aromatic heterocycles. The Hall–Kier alpha value is -2.61. The molecule has 0 spiro atoms. The topological polar surface area (TPSA) is 78.8 Å². The van der Waals surface area contributed by atoms with Gasteiger partial charge in [0.2, 0.25) is 0 Å². The van der Waals surface area contributed by atoms with Gasteiger partial charge in [-0.3, -0.25) is 0 Å². The zero-order valence-corrected chi connectivity index (χ0v) is 9.33. The molecule has 0 unspecified atom stereocenters. The largest absolute Gasteiger partial charge is 0.382 e. The highest BCUT2D eigenvalue weighted by Crippen LogP contribution is 2.21. The van der Waals surface area contributed by atoms with Crippen molar-refractivity contribution in [1.82, 2.24) is 9.97 Å². The highest BCUT2D eigenvalue weighted by Gasteiger charge is 2.06. The van der Waals surface area contributed by atoms with Gasteiger partial charge < -0.3 is 10.6 Å². The van der Waals surface area contributed by atoms with Gasteiger partial charge in [-0.2, -0.15) is 5.26 Å². The van der Waals surface area contributed by atoms with Crippen LogP contribution < -0.4 is 10.6 Å². The lowest BCUT2D eigenvalue weighted by Crippen LogP contribution is -2.11. The molecule has 1 heterocycles. The standard InChI is InChI=1S/C12H11N5/c1-17(12-8-15-11(14)7-16-12)10-4-2-3-9(5-10)6-13/h2-5,7-8H,1H3,(H2,14,15). The number of rotatable bonds is 2. The molecule has 0 amide bonds. The van der Waals surface area contributed by atoms with Crippen molar-refractivity contribution in [2.75, 3.05) is 17.7 Å². The second kappa shape index (κ2) is 4.49. The van der Waals surface area contributed by atoms with Gasteiger partial charge in [0.15, 0.2) is 5.82 Å². The summed E-state index contributed by atoms with van der Waals surface area (Å²) < 4.78 is 0. The van der Waals surface area contributed by atoms with Crippen LogP contribution in [0.4, 0.5) is 17.3 Å². The van der Waals surface area contributed by atoms with E-state index in [1.165, 1.54) is 6.20 Å². The fraction of sp³-hybridized carbons (Fsp3) is 0.0833. The van der Waals surface area contributed by atoms with Crippen LogP contribution in [0.15, 0.2) is 36.7 Å². The molecule has 2 rings (SSSR count). The molecule has 0 saturated carbocycles. The SMILES string of the molecule is CN(c1cccc(C#N)c1)c1cnc(N)cn1. The van der Waals surface area contributed by atoms with E-state index in [1.807, 2.05) is 24.1 Å². The van der Waals surface area contributed by atoms with Crippen molar-refractivity contribution < 1.29 is 0 Å². The predicted octanol–water partition coefficient (Wildman–Crippen LogP) is 1.70. The third-order valence-corrected chi connectivity index (χ3v) is 2.36. The van der Waals surface area contributed by atoms with E-state index in [-0.39, 0.29) is 0 Å². The Morgan fingerprint density at radius 2 is 2.12 bits per heavy atom. The second-order valence-electron chi connectivity index (χ2n) is 3.52. The second-order valence-corrected chi connectivity index (χ2v) is 3.52. The van der Waals surface area contributed by atoms with Gasteiger partial charge in [0, 0.05) is 12.7 Å². The molecule has 17 heavy (non-hydrogen) atoms. The van der Waals surface area contributed by atoms with Gasteiger partial charge in [-0.15, -0.1) is 0 Å². The number of hydrogen-bond donors (Lipinski definition) is 1. The van der Waals surface area contributed by atoms with Crippen molar-refractivity contribution in [1.29, 1.82) is 5.26 Å². The van der Waals surface area contributed by atoms with Crippen LogP contribution in [0.5, 0.6) is 0 Å². The van der Waals surface area contributed by atoms with Gasteiger partial charge in [-0.1, -0.05) is 6.07 Å². The van der Waals surface area contributed by atoms with E-state index in [2.05, 4.69) is 16.0 Å². The van der Waals surface area contributed by atoms with E-state index in [9.17, 15) is 0 Å². The van der Waals surface area contributed by atoms with E-state index in [0.717, 1.165) is 5.69 Å². The molecule has 84 valence electrons. The average molecular weight is 225 g/mol. The van der Waals surface area contributed by atoms with Gasteiger partial charge in [0.05, 0.1) is 24.0 Å². The van der Waals surface area contributed by atoms with E-state index in [1.54, 1.807) is 18.3 Å². The summed E-state index contributed by atoms with van der Waals surface area (Å²) in [5, 5.41) is 8.84. The average Bonchev–Trinajstić information content (AvgIpc) is 2.39. The first-order valence-electron chi connectivity index (χ1n) is 5.02. The minimum Gasteiger partial charge on any atom is -0.382 e. The predicted molar refractivity (Wildman–Crippen MR) is 65.7 cm³/mol. The molecule has 5 nitrogen and oxygen atoms in total. The smallest absolute Gasteiger partial charge is 0.151 e. The maximum Gasteiger partial charge on any atom is 0.151 e. The molecule has 0 saturated heterocycles. The number of anilines is 3. The Bertz CT molecular complexity index is 556. The van der Waals surface area contributed by atoms with E-state index in [0.29, 0.717) is 17.2 Å². The highest BCUT2D eigenvalue weighted by atomic mass is 15.2. The number of benzene rings is 1. The van der Waals surface area contributed by atoms with Crippen molar-refractivity contribution in [3.05, 3.63) is 42.2 Å². The molecule has 1 aromatic carbocycles. The van der Waals surface area contributed by atoms with E-state index < -0.39 is 0 Å². The molecule has 2 aromatic rings. The van der Waals surface area contributed by atoms with Gasteiger partial charge in [-0.05, 0) is 18.2 Å². The number of nitrogen functional groups attached to an aromatic ring is 1. The first-order valence-corrected chi connectivity index (χ1v) is 5.02. The quantitative estimate of drug-likeness (QED) is 0.841. The molecule has 0 radical (unpaired) electrons. The Morgan fingerprint density at radius 1 is 1.29 bits per heavy atom. The molecular formula is C12H11N5. The van der Waals surface area contributed by atoms with Crippen LogP contribution >= 0.6 is 0 Å². The lowest BCUT2D eigenvalue weighted by atomic mass is 10.2. The first-order chi connectivity index (χ1) is 8.20. The van der Waals surface area contributed by atoms with Crippen molar-refractivity contribution in [2.45, 2.75) is 0 Å². The zero-order chi connectivity index (χ0) is 12.3. The Kier molecular flexibility index (Phi) is 2.88. The normalized spacial score (nSPS) is 9.65. The summed E-state index contributed by atoms with van der Waals surface area (Å²) in [6.45, 7) is 0. The number of nitrogens with zero attached hydrogens (tertiary/aromatic N) is 4. The molecule has 0 bridgehead atoms. The molecule has 2 N–H and O–H groups in total. The summed E-state index contributed by atoms with van der Waals surface area (Å²) in [6.07, 6.45) is 3.09. The minimum absolute atomic E-state index is 0.382. The monoisotopic (exact) mass is 225 g/mol. The molecule has 5 heteroatoms. The van der Waals surface area contributed by atoms with Crippen LogP contribution in [-0.2, 0) is 0 Å². The number of aromatic nitrogens is 2. The summed E-state index contributed by atoms with van der Waals surface area (Å²) in [7, 11) is 1.86. The Balaban J connectivity index is 2.33. The highest BCUT2D eigenvalue weighted by molar-refractivity contribution is 5.60. The first kappa shape index (κ1) is 10.9. The third kappa shape index (κ3) is 2.32. The van der Waals surface area contributed by atoms with Gasteiger partial charge >= 0.3 is 0 Å². The van der Waals surface area contributed by atoms with Crippen LogP contribution in [0.25, 0.3) is 0 Å². The summed E-state index contributed by atoms with van der Waals surface area (Å²) in [5.41, 5.74) is 6.96. The Labute approximate surface area is 99.1 Å². The number of hydrogen-bond acceptors (Lipinski definition) is 5. The number of nitriles is 1. The van der Waals surface area contributed by atoms with Crippen molar-refractivity contribution in [3.8, 4) is 6.07 Å². The Morgan fingerprint density at radius 3 is 2.76 bits per heavy atom. The minimum atomic E-state index is 0.382. The van der Waals surface area contributed by atoms with E-state index in [4.69, 9.17) is 11.0 Å². The van der Waals surface area contributed by atoms with Crippen LogP contribution in [0, 0.1) is 11.3 Å². The number of nitrogens with two attached hydrogens (primary N) is 1. The maximum absolute atomic E-state index is 8.84. The van der Waals surface area contributed by atoms with Crippen molar-refractivity contribution >= 4 is 17.3 Å². The molecular weight excluding hydrogens is 214 g/mol. The molecule has 0 aliphatic carbocycles. The van der Waals surface area contributed by atoms with Gasteiger partial charge in [-0.25, -0.2) is 9.97 Å². The zero-order valence-electron chi connectivity index (χ0n) is 9.33. The van der Waals surface area contributed by atoms with Crippen LogP contribution in [-0.4, -0.2) is 17.0 Å². The summed E-state index contributed by atoms with van der Waals surface area (Å²) in [4.78, 5) is 9.98. The molecule has 0 aliphatic rings.